The molecule has 17 heavy (non-hydrogen) atoms. The van der Waals surface area contributed by atoms with Crippen molar-refractivity contribution in [1.29, 1.82) is 0 Å². The zero-order valence-corrected chi connectivity index (χ0v) is 10.4. The molecular weight excluding hydrogens is 208 g/mol. The third-order valence-corrected chi connectivity index (χ3v) is 2.92. The van der Waals surface area contributed by atoms with Crippen molar-refractivity contribution in [2.75, 3.05) is 0 Å². The van der Waals surface area contributed by atoms with Gasteiger partial charge >= 0.3 is 0 Å². The topological polar surface area (TPSA) is 9.23 Å². The summed E-state index contributed by atoms with van der Waals surface area (Å²) < 4.78 is 5.80. The highest BCUT2D eigenvalue weighted by atomic mass is 16.5. The van der Waals surface area contributed by atoms with E-state index in [9.17, 15) is 0 Å². The minimum absolute atomic E-state index is 0.634. The van der Waals surface area contributed by atoms with Gasteiger partial charge in [0.15, 0.2) is 0 Å². The first-order valence-corrected chi connectivity index (χ1v) is 6.06. The lowest BCUT2D eigenvalue weighted by molar-refractivity contribution is 0.304. The van der Waals surface area contributed by atoms with Crippen molar-refractivity contribution in [2.45, 2.75) is 26.9 Å². The predicted molar refractivity (Wildman–Crippen MR) is 71.3 cm³/mol. The summed E-state index contributed by atoms with van der Waals surface area (Å²) in [7, 11) is 0. The molecule has 0 spiro atoms. The number of hydrogen-bond donors (Lipinski definition) is 0. The maximum absolute atomic E-state index is 5.80. The summed E-state index contributed by atoms with van der Waals surface area (Å²) in [6.45, 7) is 4.86. The monoisotopic (exact) mass is 226 g/mol. The van der Waals surface area contributed by atoms with Crippen LogP contribution < -0.4 is 4.74 Å². The van der Waals surface area contributed by atoms with Crippen molar-refractivity contribution in [3.05, 3.63) is 65.2 Å². The smallest absolute Gasteiger partial charge is 0.122 e. The first-order chi connectivity index (χ1) is 8.29. The van der Waals surface area contributed by atoms with Crippen molar-refractivity contribution >= 4 is 0 Å². The van der Waals surface area contributed by atoms with Gasteiger partial charge in [0.2, 0.25) is 0 Å². The number of rotatable bonds is 4. The summed E-state index contributed by atoms with van der Waals surface area (Å²) in [5.41, 5.74) is 3.76. The Hall–Kier alpha value is -1.76. The fourth-order valence-electron chi connectivity index (χ4n) is 1.75. The van der Waals surface area contributed by atoms with E-state index in [1.54, 1.807) is 0 Å². The van der Waals surface area contributed by atoms with Gasteiger partial charge in [0.25, 0.3) is 0 Å². The molecule has 1 heteroatoms. The molecular formula is C16H18O. The summed E-state index contributed by atoms with van der Waals surface area (Å²) in [6, 6.07) is 16.7. The Kier molecular flexibility index (Phi) is 3.81. The molecule has 2 aromatic rings. The van der Waals surface area contributed by atoms with Gasteiger partial charge in [0, 0.05) is 0 Å². The molecule has 0 saturated carbocycles. The van der Waals surface area contributed by atoms with E-state index in [4.69, 9.17) is 4.74 Å². The third kappa shape index (κ3) is 3.10. The van der Waals surface area contributed by atoms with Crippen LogP contribution in [-0.2, 0) is 13.0 Å². The van der Waals surface area contributed by atoms with Crippen LogP contribution >= 0.6 is 0 Å². The Labute approximate surface area is 103 Å². The van der Waals surface area contributed by atoms with Crippen LogP contribution in [-0.4, -0.2) is 0 Å². The molecule has 0 aliphatic heterocycles. The SMILES string of the molecule is CCc1ccc(COc2ccccc2C)cc1. The molecule has 0 saturated heterocycles. The van der Waals surface area contributed by atoms with Crippen molar-refractivity contribution in [1.82, 2.24) is 0 Å². The third-order valence-electron chi connectivity index (χ3n) is 2.92. The van der Waals surface area contributed by atoms with Crippen molar-refractivity contribution < 1.29 is 4.74 Å². The van der Waals surface area contributed by atoms with Gasteiger partial charge in [0.1, 0.15) is 12.4 Å². The molecule has 0 radical (unpaired) electrons. The van der Waals surface area contributed by atoms with Gasteiger partial charge in [-0.3, -0.25) is 0 Å². The molecule has 1 nitrogen and oxygen atoms in total. The van der Waals surface area contributed by atoms with Crippen LogP contribution in [0.4, 0.5) is 0 Å². The second kappa shape index (κ2) is 5.53. The normalized spacial score (nSPS) is 10.2. The van der Waals surface area contributed by atoms with Gasteiger partial charge < -0.3 is 4.74 Å². The molecule has 0 aliphatic carbocycles. The van der Waals surface area contributed by atoms with Gasteiger partial charge in [0.05, 0.1) is 0 Å². The maximum atomic E-state index is 5.80. The van der Waals surface area contributed by atoms with E-state index in [-0.39, 0.29) is 0 Å². The number of para-hydroxylation sites is 1. The summed E-state index contributed by atoms with van der Waals surface area (Å²) in [5.74, 6) is 0.965. The van der Waals surface area contributed by atoms with E-state index in [0.717, 1.165) is 12.2 Å². The summed E-state index contributed by atoms with van der Waals surface area (Å²) in [5, 5.41) is 0. The molecule has 0 aliphatic rings. The lowest BCUT2D eigenvalue weighted by atomic mass is 10.1. The van der Waals surface area contributed by atoms with Crippen LogP contribution in [0.25, 0.3) is 0 Å². The highest BCUT2D eigenvalue weighted by Gasteiger charge is 1.98. The number of aryl methyl sites for hydroxylation is 2. The molecule has 0 heterocycles. The lowest BCUT2D eigenvalue weighted by Gasteiger charge is -2.09. The van der Waals surface area contributed by atoms with Gasteiger partial charge in [-0.05, 0) is 36.1 Å². The highest BCUT2D eigenvalue weighted by Crippen LogP contribution is 2.18. The number of benzene rings is 2. The number of hydrogen-bond acceptors (Lipinski definition) is 1. The predicted octanol–water partition coefficient (Wildman–Crippen LogP) is 4.14. The van der Waals surface area contributed by atoms with E-state index in [1.165, 1.54) is 16.7 Å². The van der Waals surface area contributed by atoms with Crippen molar-refractivity contribution in [3.63, 3.8) is 0 Å². The van der Waals surface area contributed by atoms with Gasteiger partial charge in [-0.1, -0.05) is 49.4 Å². The van der Waals surface area contributed by atoms with Crippen molar-refractivity contribution in [2.24, 2.45) is 0 Å². The fraction of sp³-hybridized carbons (Fsp3) is 0.250. The van der Waals surface area contributed by atoms with Gasteiger partial charge in [-0.25, -0.2) is 0 Å². The van der Waals surface area contributed by atoms with Crippen LogP contribution in [0.1, 0.15) is 23.6 Å². The molecule has 0 bridgehead atoms. The molecule has 88 valence electrons. The molecule has 0 N–H and O–H groups in total. The standard InChI is InChI=1S/C16H18O/c1-3-14-8-10-15(11-9-14)12-17-16-7-5-4-6-13(16)2/h4-11H,3,12H2,1-2H3. The minimum atomic E-state index is 0.634. The van der Waals surface area contributed by atoms with Crippen LogP contribution in [0, 0.1) is 6.92 Å². The van der Waals surface area contributed by atoms with E-state index < -0.39 is 0 Å². The summed E-state index contributed by atoms with van der Waals surface area (Å²) in [6.07, 6.45) is 1.08. The van der Waals surface area contributed by atoms with Crippen LogP contribution in [0.15, 0.2) is 48.5 Å². The zero-order valence-electron chi connectivity index (χ0n) is 10.4. The van der Waals surface area contributed by atoms with Crippen molar-refractivity contribution in [3.8, 4) is 5.75 Å². The average Bonchev–Trinajstić information content (AvgIpc) is 2.38. The Morgan fingerprint density at radius 3 is 2.18 bits per heavy atom. The Balaban J connectivity index is 2.00. The molecule has 0 unspecified atom stereocenters. The van der Waals surface area contributed by atoms with E-state index >= 15 is 0 Å². The van der Waals surface area contributed by atoms with Crippen LogP contribution in [0.5, 0.6) is 5.75 Å². The average molecular weight is 226 g/mol. The van der Waals surface area contributed by atoms with Crippen LogP contribution in [0.3, 0.4) is 0 Å². The highest BCUT2D eigenvalue weighted by molar-refractivity contribution is 5.32. The summed E-state index contributed by atoms with van der Waals surface area (Å²) >= 11 is 0. The van der Waals surface area contributed by atoms with E-state index in [0.29, 0.717) is 6.61 Å². The first-order valence-electron chi connectivity index (χ1n) is 6.06. The molecule has 2 aromatic carbocycles. The molecule has 0 atom stereocenters. The van der Waals surface area contributed by atoms with Crippen LogP contribution in [0.2, 0.25) is 0 Å². The number of ether oxygens (including phenoxy) is 1. The molecule has 2 rings (SSSR count). The fourth-order valence-corrected chi connectivity index (χ4v) is 1.75. The second-order valence-electron chi connectivity index (χ2n) is 4.22. The Morgan fingerprint density at radius 2 is 1.53 bits per heavy atom. The first kappa shape index (κ1) is 11.7. The summed E-state index contributed by atoms with van der Waals surface area (Å²) in [4.78, 5) is 0. The second-order valence-corrected chi connectivity index (χ2v) is 4.22. The van der Waals surface area contributed by atoms with E-state index in [2.05, 4.69) is 44.2 Å². The van der Waals surface area contributed by atoms with Gasteiger partial charge in [-0.15, -0.1) is 0 Å². The molecule has 0 amide bonds. The van der Waals surface area contributed by atoms with Gasteiger partial charge in [-0.2, -0.15) is 0 Å². The van der Waals surface area contributed by atoms with E-state index in [1.807, 2.05) is 18.2 Å². The lowest BCUT2D eigenvalue weighted by Crippen LogP contribution is -1.96. The molecule has 0 aromatic heterocycles. The minimum Gasteiger partial charge on any atom is -0.489 e. The zero-order chi connectivity index (χ0) is 12.1. The Morgan fingerprint density at radius 1 is 0.882 bits per heavy atom. The largest absolute Gasteiger partial charge is 0.489 e. The Bertz CT molecular complexity index is 471. The molecule has 0 fully saturated rings. The maximum Gasteiger partial charge on any atom is 0.122 e. The quantitative estimate of drug-likeness (QED) is 0.761.